The quantitative estimate of drug-likeness (QED) is 0.775. The first-order valence-electron chi connectivity index (χ1n) is 6.64. The molecule has 1 aromatic rings. The summed E-state index contributed by atoms with van der Waals surface area (Å²) in [6.45, 7) is 1.35. The molecule has 0 atom stereocenters. The summed E-state index contributed by atoms with van der Waals surface area (Å²) in [5, 5.41) is 5.95. The number of ether oxygens (including phenoxy) is 1. The lowest BCUT2D eigenvalue weighted by atomic mass is 9.95. The Morgan fingerprint density at radius 1 is 1.45 bits per heavy atom. The van der Waals surface area contributed by atoms with E-state index in [1.807, 2.05) is 12.1 Å². The molecule has 2 rings (SSSR count). The molecular formula is C14H18F2N2O2. The second-order valence-corrected chi connectivity index (χ2v) is 4.59. The number of carbonyl (C=O) groups excluding carboxylic acids is 1. The van der Waals surface area contributed by atoms with E-state index in [0.29, 0.717) is 5.56 Å². The molecule has 0 unspecified atom stereocenters. The van der Waals surface area contributed by atoms with Gasteiger partial charge in [-0.1, -0.05) is 12.1 Å². The summed E-state index contributed by atoms with van der Waals surface area (Å²) in [7, 11) is 0. The van der Waals surface area contributed by atoms with Gasteiger partial charge in [-0.15, -0.1) is 0 Å². The Balaban J connectivity index is 1.86. The molecule has 0 saturated carbocycles. The number of alkyl halides is 2. The van der Waals surface area contributed by atoms with Gasteiger partial charge in [-0.3, -0.25) is 4.79 Å². The minimum Gasteiger partial charge on any atom is -0.374 e. The first-order chi connectivity index (χ1) is 9.68. The highest BCUT2D eigenvalue weighted by Gasteiger charge is 2.16. The number of rotatable bonds is 6. The van der Waals surface area contributed by atoms with Gasteiger partial charge in [0.15, 0.2) is 0 Å². The Morgan fingerprint density at radius 2 is 2.30 bits per heavy atom. The standard InChI is InChI=1S/C14H18F2N2O2/c15-13(16)9-20-7-6-18-14(19)12-3-1-2-10-8-17-5-4-11(10)12/h1-3,13,17H,4-9H2,(H,18,19). The molecule has 0 radical (unpaired) electrons. The summed E-state index contributed by atoms with van der Waals surface area (Å²) >= 11 is 0. The molecule has 0 aromatic heterocycles. The van der Waals surface area contributed by atoms with Crippen LogP contribution in [0, 0.1) is 0 Å². The molecule has 20 heavy (non-hydrogen) atoms. The van der Waals surface area contributed by atoms with Crippen LogP contribution in [0.5, 0.6) is 0 Å². The summed E-state index contributed by atoms with van der Waals surface area (Å²) in [6.07, 6.45) is -1.65. The number of hydrogen-bond donors (Lipinski definition) is 2. The summed E-state index contributed by atoms with van der Waals surface area (Å²) in [5.41, 5.74) is 2.87. The number of carbonyl (C=O) groups is 1. The minimum atomic E-state index is -2.47. The second-order valence-electron chi connectivity index (χ2n) is 4.59. The average Bonchev–Trinajstić information content (AvgIpc) is 2.45. The van der Waals surface area contributed by atoms with Gasteiger partial charge in [-0.05, 0) is 30.2 Å². The number of nitrogens with one attached hydrogen (secondary N) is 2. The van der Waals surface area contributed by atoms with Crippen molar-refractivity contribution in [2.45, 2.75) is 19.4 Å². The monoisotopic (exact) mass is 284 g/mol. The van der Waals surface area contributed by atoms with Crippen LogP contribution in [0.25, 0.3) is 0 Å². The van der Waals surface area contributed by atoms with Crippen molar-refractivity contribution in [2.75, 3.05) is 26.3 Å². The summed E-state index contributed by atoms with van der Waals surface area (Å²) in [5.74, 6) is -0.176. The van der Waals surface area contributed by atoms with Crippen LogP contribution >= 0.6 is 0 Å². The molecule has 1 aliphatic rings. The number of fused-ring (bicyclic) bond motifs is 1. The first-order valence-corrected chi connectivity index (χ1v) is 6.64. The maximum atomic E-state index is 12.1. The Bertz CT molecular complexity index is 466. The smallest absolute Gasteiger partial charge is 0.261 e. The van der Waals surface area contributed by atoms with Crippen molar-refractivity contribution in [1.82, 2.24) is 10.6 Å². The topological polar surface area (TPSA) is 50.4 Å². The molecule has 0 aliphatic carbocycles. The van der Waals surface area contributed by atoms with Crippen LogP contribution in [0.15, 0.2) is 18.2 Å². The zero-order valence-corrected chi connectivity index (χ0v) is 11.1. The van der Waals surface area contributed by atoms with Crippen LogP contribution in [-0.4, -0.2) is 38.6 Å². The fraction of sp³-hybridized carbons (Fsp3) is 0.500. The van der Waals surface area contributed by atoms with Gasteiger partial charge in [0, 0.05) is 18.7 Å². The highest BCUT2D eigenvalue weighted by Crippen LogP contribution is 2.18. The number of halogens is 2. The minimum absolute atomic E-state index is 0.0899. The molecule has 1 amide bonds. The third-order valence-electron chi connectivity index (χ3n) is 3.16. The third kappa shape index (κ3) is 3.98. The molecule has 4 nitrogen and oxygen atoms in total. The SMILES string of the molecule is O=C(NCCOCC(F)F)c1cccc2c1CCNC2. The number of amides is 1. The molecule has 1 aliphatic heterocycles. The van der Waals surface area contributed by atoms with Crippen LogP contribution < -0.4 is 10.6 Å². The van der Waals surface area contributed by atoms with Crippen molar-refractivity contribution in [3.05, 3.63) is 34.9 Å². The Hall–Kier alpha value is -1.53. The Kier molecular flexibility index (Phi) is 5.43. The summed E-state index contributed by atoms with van der Waals surface area (Å²) in [4.78, 5) is 12.1. The molecule has 0 fully saturated rings. The largest absolute Gasteiger partial charge is 0.374 e. The average molecular weight is 284 g/mol. The maximum absolute atomic E-state index is 12.1. The molecule has 0 bridgehead atoms. The molecule has 1 aromatic carbocycles. The zero-order chi connectivity index (χ0) is 14.4. The van der Waals surface area contributed by atoms with Crippen LogP contribution in [0.2, 0.25) is 0 Å². The fourth-order valence-corrected chi connectivity index (χ4v) is 2.25. The van der Waals surface area contributed by atoms with E-state index in [0.717, 1.165) is 30.6 Å². The van der Waals surface area contributed by atoms with Gasteiger partial charge >= 0.3 is 0 Å². The molecular weight excluding hydrogens is 266 g/mol. The first kappa shape index (κ1) is 14.9. The molecule has 1 heterocycles. The number of hydrogen-bond acceptors (Lipinski definition) is 3. The summed E-state index contributed by atoms with van der Waals surface area (Å²) < 4.78 is 28.4. The van der Waals surface area contributed by atoms with Crippen LogP contribution in [-0.2, 0) is 17.7 Å². The van der Waals surface area contributed by atoms with E-state index in [1.165, 1.54) is 0 Å². The van der Waals surface area contributed by atoms with Crippen molar-refractivity contribution in [3.8, 4) is 0 Å². The van der Waals surface area contributed by atoms with Crippen LogP contribution in [0.3, 0.4) is 0 Å². The van der Waals surface area contributed by atoms with Gasteiger partial charge in [0.1, 0.15) is 6.61 Å². The van der Waals surface area contributed by atoms with Gasteiger partial charge in [0.25, 0.3) is 12.3 Å². The van der Waals surface area contributed by atoms with E-state index in [9.17, 15) is 13.6 Å². The second kappa shape index (κ2) is 7.31. The van der Waals surface area contributed by atoms with Crippen LogP contribution in [0.4, 0.5) is 8.78 Å². The van der Waals surface area contributed by atoms with Gasteiger partial charge in [-0.25, -0.2) is 8.78 Å². The molecule has 0 saturated heterocycles. The highest BCUT2D eigenvalue weighted by molar-refractivity contribution is 5.96. The van der Waals surface area contributed by atoms with Gasteiger partial charge in [0.2, 0.25) is 0 Å². The predicted molar refractivity (Wildman–Crippen MR) is 71.0 cm³/mol. The van der Waals surface area contributed by atoms with Crippen molar-refractivity contribution in [2.24, 2.45) is 0 Å². The zero-order valence-electron chi connectivity index (χ0n) is 11.1. The lowest BCUT2D eigenvalue weighted by molar-refractivity contribution is 0.0188. The predicted octanol–water partition coefficient (Wildman–Crippen LogP) is 1.34. The lowest BCUT2D eigenvalue weighted by Crippen LogP contribution is -2.31. The van der Waals surface area contributed by atoms with Gasteiger partial charge in [0.05, 0.1) is 6.61 Å². The van der Waals surface area contributed by atoms with Gasteiger partial charge in [-0.2, -0.15) is 0 Å². The fourth-order valence-electron chi connectivity index (χ4n) is 2.25. The molecule has 110 valence electrons. The van der Waals surface area contributed by atoms with E-state index >= 15 is 0 Å². The lowest BCUT2D eigenvalue weighted by Gasteiger charge is -2.19. The maximum Gasteiger partial charge on any atom is 0.261 e. The van der Waals surface area contributed by atoms with Crippen molar-refractivity contribution >= 4 is 5.91 Å². The van der Waals surface area contributed by atoms with E-state index in [2.05, 4.69) is 10.6 Å². The normalized spacial score (nSPS) is 14.2. The molecule has 6 heteroatoms. The van der Waals surface area contributed by atoms with E-state index < -0.39 is 13.0 Å². The summed E-state index contributed by atoms with van der Waals surface area (Å²) in [6, 6.07) is 5.65. The van der Waals surface area contributed by atoms with Gasteiger partial charge < -0.3 is 15.4 Å². The van der Waals surface area contributed by atoms with Crippen molar-refractivity contribution in [1.29, 1.82) is 0 Å². The van der Waals surface area contributed by atoms with E-state index in [1.54, 1.807) is 6.07 Å². The number of benzene rings is 1. The highest BCUT2D eigenvalue weighted by atomic mass is 19.3. The van der Waals surface area contributed by atoms with E-state index in [-0.39, 0.29) is 19.1 Å². The third-order valence-corrected chi connectivity index (χ3v) is 3.16. The molecule has 2 N–H and O–H groups in total. The van der Waals surface area contributed by atoms with Crippen molar-refractivity contribution < 1.29 is 18.3 Å². The van der Waals surface area contributed by atoms with E-state index in [4.69, 9.17) is 4.74 Å². The Morgan fingerprint density at radius 3 is 3.10 bits per heavy atom. The molecule has 0 spiro atoms. The van der Waals surface area contributed by atoms with Crippen LogP contribution in [0.1, 0.15) is 21.5 Å². The Labute approximate surface area is 116 Å². The van der Waals surface area contributed by atoms with Crippen molar-refractivity contribution in [3.63, 3.8) is 0 Å².